The van der Waals surface area contributed by atoms with E-state index >= 15 is 0 Å². The predicted molar refractivity (Wildman–Crippen MR) is 103 cm³/mol. The molecule has 2 aliphatic carbocycles. The first-order chi connectivity index (χ1) is 12.3. The predicted octanol–water partition coefficient (Wildman–Crippen LogP) is 3.01. The molecular weight excluding hydrogens is 328 g/mol. The largest absolute Gasteiger partial charge is 0.391 e. The highest BCUT2D eigenvalue weighted by Crippen LogP contribution is 2.46. The van der Waals surface area contributed by atoms with E-state index in [2.05, 4.69) is 24.5 Å². The smallest absolute Gasteiger partial charge is 0.245 e. The van der Waals surface area contributed by atoms with E-state index in [9.17, 15) is 14.7 Å². The Morgan fingerprint density at radius 1 is 1.15 bits per heavy atom. The van der Waals surface area contributed by atoms with E-state index in [1.165, 1.54) is 45.6 Å². The van der Waals surface area contributed by atoms with Gasteiger partial charge in [-0.2, -0.15) is 0 Å². The van der Waals surface area contributed by atoms with E-state index < -0.39 is 12.1 Å². The SMILES string of the molecule is CCC1(C)CCCC2CCCC(C(=O)N[C@H](C(=O)NC)[C@@H](C)O)C2CC1. The zero-order valence-corrected chi connectivity index (χ0v) is 17.0. The number of carbonyl (C=O) groups excluding carboxylic acids is 2. The maximum Gasteiger partial charge on any atom is 0.245 e. The second-order valence-corrected chi connectivity index (χ2v) is 8.90. The van der Waals surface area contributed by atoms with Gasteiger partial charge in [-0.25, -0.2) is 0 Å². The molecule has 0 radical (unpaired) electrons. The fourth-order valence-electron chi connectivity index (χ4n) is 5.08. The van der Waals surface area contributed by atoms with Crippen LogP contribution in [0.3, 0.4) is 0 Å². The first kappa shape index (κ1) is 21.2. The molecule has 4 unspecified atom stereocenters. The molecule has 6 atom stereocenters. The molecule has 2 aliphatic rings. The number of amides is 2. The summed E-state index contributed by atoms with van der Waals surface area (Å²) in [4.78, 5) is 25.0. The van der Waals surface area contributed by atoms with Crippen LogP contribution in [0.25, 0.3) is 0 Å². The van der Waals surface area contributed by atoms with Gasteiger partial charge in [0.25, 0.3) is 0 Å². The number of hydrogen-bond donors (Lipinski definition) is 3. The van der Waals surface area contributed by atoms with E-state index in [1.54, 1.807) is 6.92 Å². The minimum atomic E-state index is -0.904. The third-order valence-electron chi connectivity index (χ3n) is 7.15. The summed E-state index contributed by atoms with van der Waals surface area (Å²) in [5.41, 5.74) is 0.397. The average molecular weight is 367 g/mol. The lowest BCUT2D eigenvalue weighted by Crippen LogP contribution is -2.54. The molecule has 2 rings (SSSR count). The Labute approximate surface area is 158 Å². The van der Waals surface area contributed by atoms with Crippen molar-refractivity contribution in [2.75, 3.05) is 7.05 Å². The third kappa shape index (κ3) is 4.99. The topological polar surface area (TPSA) is 78.4 Å². The van der Waals surface area contributed by atoms with Crippen LogP contribution in [0.2, 0.25) is 0 Å². The maximum atomic E-state index is 13.0. The molecule has 0 bridgehead atoms. The van der Waals surface area contributed by atoms with Crippen molar-refractivity contribution in [2.24, 2.45) is 23.2 Å². The minimum Gasteiger partial charge on any atom is -0.391 e. The van der Waals surface area contributed by atoms with Crippen molar-refractivity contribution in [1.82, 2.24) is 10.6 Å². The van der Waals surface area contributed by atoms with Gasteiger partial charge in [0.2, 0.25) is 11.8 Å². The molecule has 26 heavy (non-hydrogen) atoms. The van der Waals surface area contributed by atoms with Crippen LogP contribution >= 0.6 is 0 Å². The highest BCUT2D eigenvalue weighted by molar-refractivity contribution is 5.89. The van der Waals surface area contributed by atoms with Gasteiger partial charge in [0.1, 0.15) is 6.04 Å². The van der Waals surface area contributed by atoms with Crippen molar-refractivity contribution in [3.05, 3.63) is 0 Å². The molecule has 0 heterocycles. The second kappa shape index (κ2) is 9.20. The van der Waals surface area contributed by atoms with Crippen LogP contribution in [-0.2, 0) is 9.59 Å². The molecule has 3 N–H and O–H groups in total. The number of nitrogens with one attached hydrogen (secondary N) is 2. The Hall–Kier alpha value is -1.10. The van der Waals surface area contributed by atoms with Crippen molar-refractivity contribution < 1.29 is 14.7 Å². The molecule has 150 valence electrons. The maximum absolute atomic E-state index is 13.0. The molecule has 2 amide bonds. The van der Waals surface area contributed by atoms with E-state index in [4.69, 9.17) is 0 Å². The molecule has 0 aromatic heterocycles. The third-order valence-corrected chi connectivity index (χ3v) is 7.15. The highest BCUT2D eigenvalue weighted by atomic mass is 16.3. The Balaban J connectivity index is 2.10. The summed E-state index contributed by atoms with van der Waals surface area (Å²) in [6, 6.07) is -0.873. The van der Waals surface area contributed by atoms with Gasteiger partial charge in [0, 0.05) is 13.0 Å². The number of rotatable bonds is 5. The van der Waals surface area contributed by atoms with Gasteiger partial charge in [0.05, 0.1) is 6.10 Å². The number of carbonyl (C=O) groups is 2. The summed E-state index contributed by atoms with van der Waals surface area (Å²) >= 11 is 0. The number of aliphatic hydroxyl groups is 1. The standard InChI is InChI=1S/C21H38N2O3/c1-5-21(3)12-7-9-15-8-6-10-17(16(15)11-13-21)19(25)23-18(14(2)24)20(26)22-4/h14-18,24H,5-13H2,1-4H3,(H,22,26)(H,23,25)/t14-,15?,16?,17?,18+,21?/m1/s1. The average Bonchev–Trinajstić information content (AvgIpc) is 2.62. The summed E-state index contributed by atoms with van der Waals surface area (Å²) in [6.07, 6.45) is 9.57. The van der Waals surface area contributed by atoms with Crippen molar-refractivity contribution >= 4 is 11.8 Å². The molecule has 0 saturated heterocycles. The molecular formula is C21H38N2O3. The molecule has 0 aliphatic heterocycles. The van der Waals surface area contributed by atoms with E-state index in [1.807, 2.05) is 0 Å². The molecule has 5 nitrogen and oxygen atoms in total. The van der Waals surface area contributed by atoms with Crippen LogP contribution in [0.15, 0.2) is 0 Å². The van der Waals surface area contributed by atoms with E-state index in [-0.39, 0.29) is 17.7 Å². The molecule has 0 aromatic carbocycles. The lowest BCUT2D eigenvalue weighted by atomic mass is 9.63. The highest BCUT2D eigenvalue weighted by Gasteiger charge is 2.40. The summed E-state index contributed by atoms with van der Waals surface area (Å²) in [7, 11) is 1.53. The second-order valence-electron chi connectivity index (χ2n) is 8.90. The van der Waals surface area contributed by atoms with Gasteiger partial charge in [-0.3, -0.25) is 9.59 Å². The van der Waals surface area contributed by atoms with Crippen molar-refractivity contribution in [2.45, 2.75) is 90.7 Å². The Kier molecular flexibility index (Phi) is 7.51. The number of fused-ring (bicyclic) bond motifs is 1. The number of hydrogen-bond acceptors (Lipinski definition) is 3. The van der Waals surface area contributed by atoms with Gasteiger partial charge in [0.15, 0.2) is 0 Å². The van der Waals surface area contributed by atoms with Crippen LogP contribution in [0.5, 0.6) is 0 Å². The van der Waals surface area contributed by atoms with Gasteiger partial charge in [-0.1, -0.05) is 46.0 Å². The lowest BCUT2D eigenvalue weighted by molar-refractivity contribution is -0.136. The quantitative estimate of drug-likeness (QED) is 0.700. The van der Waals surface area contributed by atoms with Crippen molar-refractivity contribution in [3.63, 3.8) is 0 Å². The molecule has 2 saturated carbocycles. The van der Waals surface area contributed by atoms with Gasteiger partial charge < -0.3 is 15.7 Å². The van der Waals surface area contributed by atoms with E-state index in [0.717, 1.165) is 19.3 Å². The molecule has 2 fully saturated rings. The number of likely N-dealkylation sites (N-methyl/N-ethyl adjacent to an activating group) is 1. The first-order valence-electron chi connectivity index (χ1n) is 10.5. The van der Waals surface area contributed by atoms with Crippen LogP contribution in [0.4, 0.5) is 0 Å². The first-order valence-corrected chi connectivity index (χ1v) is 10.5. The Morgan fingerprint density at radius 3 is 2.46 bits per heavy atom. The zero-order chi connectivity index (χ0) is 19.3. The fourth-order valence-corrected chi connectivity index (χ4v) is 5.08. The monoisotopic (exact) mass is 366 g/mol. The minimum absolute atomic E-state index is 0.0288. The van der Waals surface area contributed by atoms with E-state index in [0.29, 0.717) is 17.3 Å². The van der Waals surface area contributed by atoms with Crippen LogP contribution in [0, 0.1) is 23.2 Å². The zero-order valence-electron chi connectivity index (χ0n) is 17.0. The van der Waals surface area contributed by atoms with Gasteiger partial charge >= 0.3 is 0 Å². The number of aliphatic hydroxyl groups excluding tert-OH is 1. The summed E-state index contributed by atoms with van der Waals surface area (Å²) in [6.45, 7) is 6.22. The summed E-state index contributed by atoms with van der Waals surface area (Å²) < 4.78 is 0. The Bertz CT molecular complexity index is 494. The molecule has 5 heteroatoms. The lowest BCUT2D eigenvalue weighted by Gasteiger charge is -2.43. The van der Waals surface area contributed by atoms with Gasteiger partial charge in [-0.15, -0.1) is 0 Å². The van der Waals surface area contributed by atoms with Crippen LogP contribution < -0.4 is 10.6 Å². The summed E-state index contributed by atoms with van der Waals surface area (Å²) in [5, 5.41) is 15.3. The van der Waals surface area contributed by atoms with Crippen LogP contribution in [0.1, 0.15) is 78.6 Å². The van der Waals surface area contributed by atoms with Crippen molar-refractivity contribution in [3.8, 4) is 0 Å². The molecule has 0 aromatic rings. The fraction of sp³-hybridized carbons (Fsp3) is 0.905. The Morgan fingerprint density at radius 2 is 1.85 bits per heavy atom. The van der Waals surface area contributed by atoms with Gasteiger partial charge in [-0.05, 0) is 49.9 Å². The molecule has 0 spiro atoms. The van der Waals surface area contributed by atoms with Crippen LogP contribution in [-0.4, -0.2) is 36.1 Å². The van der Waals surface area contributed by atoms with Crippen molar-refractivity contribution in [1.29, 1.82) is 0 Å². The summed E-state index contributed by atoms with van der Waals surface area (Å²) in [5.74, 6) is 0.629. The normalized spacial score (nSPS) is 34.6.